The molecule has 1 spiro atoms. The van der Waals surface area contributed by atoms with Gasteiger partial charge >= 0.3 is 0 Å². The molecule has 0 unspecified atom stereocenters. The molecule has 27 heavy (non-hydrogen) atoms. The lowest BCUT2D eigenvalue weighted by molar-refractivity contribution is 0.102. The fourth-order valence-electron chi connectivity index (χ4n) is 4.20. The van der Waals surface area contributed by atoms with Gasteiger partial charge in [0.25, 0.3) is 0 Å². The third kappa shape index (κ3) is 4.80. The molecule has 1 heterocycles. The van der Waals surface area contributed by atoms with Crippen LogP contribution in [0.4, 0.5) is 0 Å². The summed E-state index contributed by atoms with van der Waals surface area (Å²) in [4.78, 5) is 17.8. The van der Waals surface area contributed by atoms with Gasteiger partial charge in [0, 0.05) is 21.9 Å². The molecular formula is C21H26BrClN2OS. The molecule has 2 aliphatic carbocycles. The Labute approximate surface area is 181 Å². The Morgan fingerprint density at radius 3 is 2.52 bits per heavy atom. The van der Waals surface area contributed by atoms with Gasteiger partial charge < -0.3 is 5.32 Å². The Hall–Kier alpha value is -0.780. The van der Waals surface area contributed by atoms with Gasteiger partial charge in [0.2, 0.25) is 0 Å². The highest BCUT2D eigenvalue weighted by Gasteiger charge is 2.37. The normalized spacial score (nSPS) is 21.0. The summed E-state index contributed by atoms with van der Waals surface area (Å²) in [5, 5.41) is 5.58. The number of benzene rings is 1. The Morgan fingerprint density at radius 2 is 1.78 bits per heavy atom. The fraction of sp³-hybridized carbons (Fsp3) is 0.524. The number of allylic oxidation sites excluding steroid dienone is 1. The number of carbonyl (C=O) groups is 1. The number of thioether (sulfide) groups is 1. The highest BCUT2D eigenvalue weighted by Crippen LogP contribution is 2.39. The minimum absolute atomic E-state index is 0. The quantitative estimate of drug-likeness (QED) is 0.526. The second kappa shape index (κ2) is 9.15. The van der Waals surface area contributed by atoms with Gasteiger partial charge in [-0.25, -0.2) is 0 Å². The third-order valence-electron chi connectivity index (χ3n) is 5.61. The predicted octanol–water partition coefficient (Wildman–Crippen LogP) is 6.32. The molecule has 0 bridgehead atoms. The Morgan fingerprint density at radius 1 is 1.07 bits per heavy atom. The molecule has 1 fully saturated rings. The molecule has 6 heteroatoms. The first-order valence-electron chi connectivity index (χ1n) is 9.67. The number of carbonyl (C=O) groups excluding carboxylic acids is 1. The van der Waals surface area contributed by atoms with Crippen molar-refractivity contribution >= 4 is 51.2 Å². The molecule has 4 rings (SSSR count). The van der Waals surface area contributed by atoms with Crippen LogP contribution in [-0.2, 0) is 0 Å². The maximum absolute atomic E-state index is 12.6. The van der Waals surface area contributed by atoms with E-state index in [4.69, 9.17) is 16.6 Å². The number of halogens is 2. The molecule has 0 atom stereocenters. The van der Waals surface area contributed by atoms with Crippen LogP contribution in [0.25, 0.3) is 0 Å². The number of nitrogens with zero attached hydrogens (tertiary/aromatic N) is 1. The molecule has 3 nitrogen and oxygen atoms in total. The van der Waals surface area contributed by atoms with Crippen molar-refractivity contribution in [1.29, 1.82) is 0 Å². The van der Waals surface area contributed by atoms with Crippen LogP contribution in [0.1, 0.15) is 68.1 Å². The predicted molar refractivity (Wildman–Crippen MR) is 120 cm³/mol. The zero-order chi connectivity index (χ0) is 18.0. The van der Waals surface area contributed by atoms with Crippen LogP contribution in [-0.4, -0.2) is 22.2 Å². The van der Waals surface area contributed by atoms with Crippen LogP contribution in [0.15, 0.2) is 40.5 Å². The number of aliphatic imine (C=N–C) groups is 1. The molecule has 1 saturated carbocycles. The second-order valence-corrected chi connectivity index (χ2v) is 8.92. The van der Waals surface area contributed by atoms with Gasteiger partial charge in [0.15, 0.2) is 5.78 Å². The van der Waals surface area contributed by atoms with Crippen molar-refractivity contribution < 1.29 is 4.79 Å². The first-order valence-corrected chi connectivity index (χ1v) is 11.0. The molecular weight excluding hydrogens is 444 g/mol. The highest BCUT2D eigenvalue weighted by molar-refractivity contribution is 8.93. The van der Waals surface area contributed by atoms with E-state index in [9.17, 15) is 4.79 Å². The zero-order valence-electron chi connectivity index (χ0n) is 15.4. The van der Waals surface area contributed by atoms with Gasteiger partial charge in [0.1, 0.15) is 5.66 Å². The van der Waals surface area contributed by atoms with Crippen molar-refractivity contribution in [2.75, 3.05) is 5.75 Å². The van der Waals surface area contributed by atoms with E-state index in [1.807, 2.05) is 12.1 Å². The van der Waals surface area contributed by atoms with Crippen molar-refractivity contribution in [3.05, 3.63) is 46.1 Å². The van der Waals surface area contributed by atoms with Crippen molar-refractivity contribution in [1.82, 2.24) is 5.32 Å². The standard InChI is InChI=1S/C21H25ClN2OS.BrH/c22-16-10-8-15(9-11-16)19(25)14-26-20-17-6-2-3-7-18(17)23-21(24-20)12-4-1-5-13-21;/h8-11,23H,1-7,12-14H2;1H. The highest BCUT2D eigenvalue weighted by atomic mass is 79.9. The topological polar surface area (TPSA) is 41.5 Å². The largest absolute Gasteiger partial charge is 0.364 e. The Balaban J connectivity index is 0.00000210. The summed E-state index contributed by atoms with van der Waals surface area (Å²) in [5.74, 6) is 0.580. The molecule has 0 radical (unpaired) electrons. The SMILES string of the molecule is Br.O=C(CSC1=NC2(CCCCC2)NC2=C1CCCC2)c1ccc(Cl)cc1. The summed E-state index contributed by atoms with van der Waals surface area (Å²) in [6.07, 6.45) is 10.7. The first-order chi connectivity index (χ1) is 12.7. The number of Topliss-reactive ketones (excluding diaryl/α,β-unsaturated/α-hetero) is 1. The lowest BCUT2D eigenvalue weighted by atomic mass is 9.85. The van der Waals surface area contributed by atoms with Gasteiger partial charge in [-0.3, -0.25) is 9.79 Å². The minimum Gasteiger partial charge on any atom is -0.364 e. The summed E-state index contributed by atoms with van der Waals surface area (Å²) in [7, 11) is 0. The number of ketones is 1. The van der Waals surface area contributed by atoms with E-state index in [0.29, 0.717) is 10.8 Å². The van der Waals surface area contributed by atoms with E-state index in [2.05, 4.69) is 5.32 Å². The van der Waals surface area contributed by atoms with Crippen molar-refractivity contribution in [2.45, 2.75) is 63.5 Å². The number of nitrogens with one attached hydrogen (secondary N) is 1. The van der Waals surface area contributed by atoms with Crippen LogP contribution >= 0.6 is 40.3 Å². The first kappa shape index (κ1) is 20.9. The zero-order valence-corrected chi connectivity index (χ0v) is 18.7. The van der Waals surface area contributed by atoms with E-state index in [1.165, 1.54) is 43.4 Å². The van der Waals surface area contributed by atoms with Crippen LogP contribution < -0.4 is 5.32 Å². The minimum atomic E-state index is -0.111. The molecule has 146 valence electrons. The summed E-state index contributed by atoms with van der Waals surface area (Å²) >= 11 is 7.55. The summed E-state index contributed by atoms with van der Waals surface area (Å²) < 4.78 is 0. The smallest absolute Gasteiger partial charge is 0.173 e. The van der Waals surface area contributed by atoms with Crippen LogP contribution in [0.3, 0.4) is 0 Å². The lowest BCUT2D eigenvalue weighted by Crippen LogP contribution is -2.48. The van der Waals surface area contributed by atoms with Crippen LogP contribution in [0.2, 0.25) is 5.02 Å². The third-order valence-corrected chi connectivity index (χ3v) is 6.88. The molecule has 1 aliphatic heterocycles. The van der Waals surface area contributed by atoms with E-state index in [0.717, 1.165) is 36.3 Å². The van der Waals surface area contributed by atoms with Gasteiger partial charge in [-0.05, 0) is 75.6 Å². The maximum atomic E-state index is 12.6. The molecule has 0 saturated heterocycles. The monoisotopic (exact) mass is 468 g/mol. The molecule has 1 aromatic carbocycles. The average molecular weight is 470 g/mol. The lowest BCUT2D eigenvalue weighted by Gasteiger charge is -2.42. The molecule has 0 aromatic heterocycles. The van der Waals surface area contributed by atoms with Gasteiger partial charge in [-0.15, -0.1) is 17.0 Å². The summed E-state index contributed by atoms with van der Waals surface area (Å²) in [6.45, 7) is 0. The second-order valence-electron chi connectivity index (χ2n) is 7.52. The Bertz CT molecular complexity index is 754. The number of hydrogen-bond donors (Lipinski definition) is 1. The van der Waals surface area contributed by atoms with Crippen LogP contribution in [0, 0.1) is 0 Å². The summed E-state index contributed by atoms with van der Waals surface area (Å²) in [5.41, 5.74) is 3.37. The van der Waals surface area contributed by atoms with Gasteiger partial charge in [0.05, 0.1) is 10.8 Å². The van der Waals surface area contributed by atoms with Crippen molar-refractivity contribution in [2.24, 2.45) is 4.99 Å². The van der Waals surface area contributed by atoms with Crippen molar-refractivity contribution in [3.63, 3.8) is 0 Å². The molecule has 1 N–H and O–H groups in total. The average Bonchev–Trinajstić information content (AvgIpc) is 2.67. The van der Waals surface area contributed by atoms with E-state index < -0.39 is 0 Å². The van der Waals surface area contributed by atoms with E-state index in [-0.39, 0.29) is 28.4 Å². The molecule has 3 aliphatic rings. The van der Waals surface area contributed by atoms with Gasteiger partial charge in [-0.2, -0.15) is 0 Å². The maximum Gasteiger partial charge on any atom is 0.173 e. The molecule has 1 aromatic rings. The van der Waals surface area contributed by atoms with E-state index in [1.54, 1.807) is 23.9 Å². The number of hydrogen-bond acceptors (Lipinski definition) is 4. The Kier molecular flexibility index (Phi) is 7.09. The fourth-order valence-corrected chi connectivity index (χ4v) is 5.40. The number of rotatable bonds is 3. The van der Waals surface area contributed by atoms with E-state index >= 15 is 0 Å². The van der Waals surface area contributed by atoms with Crippen molar-refractivity contribution in [3.8, 4) is 0 Å². The summed E-state index contributed by atoms with van der Waals surface area (Å²) in [6, 6.07) is 7.17. The molecule has 0 amide bonds. The van der Waals surface area contributed by atoms with Crippen LogP contribution in [0.5, 0.6) is 0 Å². The van der Waals surface area contributed by atoms with Gasteiger partial charge in [-0.1, -0.05) is 29.8 Å².